The monoisotopic (exact) mass is 305 g/mol. The number of amides is 1. The average molecular weight is 305 g/mol. The molecule has 0 aromatic carbocycles. The van der Waals surface area contributed by atoms with Gasteiger partial charge in [0.25, 0.3) is 5.91 Å². The lowest BCUT2D eigenvalue weighted by Crippen LogP contribution is -2.24. The molecule has 0 fully saturated rings. The second-order valence-corrected chi connectivity index (χ2v) is 5.60. The minimum atomic E-state index is -0.0652. The number of hydrogen-bond acceptors (Lipinski definition) is 5. The van der Waals surface area contributed by atoms with Crippen LogP contribution in [0.5, 0.6) is 0 Å². The van der Waals surface area contributed by atoms with Crippen molar-refractivity contribution in [1.29, 1.82) is 0 Å². The van der Waals surface area contributed by atoms with Gasteiger partial charge < -0.3 is 10.1 Å². The summed E-state index contributed by atoms with van der Waals surface area (Å²) in [5.41, 5.74) is 1.54. The molecule has 2 aromatic rings. The van der Waals surface area contributed by atoms with Gasteiger partial charge in [-0.3, -0.25) is 9.78 Å². The van der Waals surface area contributed by atoms with E-state index in [0.29, 0.717) is 11.4 Å². The van der Waals surface area contributed by atoms with Crippen LogP contribution in [0, 0.1) is 6.92 Å². The number of thiazole rings is 1. The fourth-order valence-electron chi connectivity index (χ4n) is 1.86. The van der Waals surface area contributed by atoms with Gasteiger partial charge >= 0.3 is 0 Å². The molecule has 0 aliphatic heterocycles. The van der Waals surface area contributed by atoms with Crippen molar-refractivity contribution in [1.82, 2.24) is 15.3 Å². The Morgan fingerprint density at radius 3 is 2.95 bits per heavy atom. The second-order valence-electron chi connectivity index (χ2n) is 4.60. The number of carbonyl (C=O) groups is 1. The zero-order valence-electron chi connectivity index (χ0n) is 12.3. The van der Waals surface area contributed by atoms with E-state index in [1.54, 1.807) is 13.3 Å². The van der Waals surface area contributed by atoms with Gasteiger partial charge in [0.2, 0.25) is 0 Å². The molecule has 0 unspecified atom stereocenters. The molecule has 6 heteroatoms. The smallest absolute Gasteiger partial charge is 0.263 e. The molecule has 0 saturated heterocycles. The van der Waals surface area contributed by atoms with E-state index in [2.05, 4.69) is 15.3 Å². The molecule has 21 heavy (non-hydrogen) atoms. The van der Waals surface area contributed by atoms with Crippen molar-refractivity contribution in [2.75, 3.05) is 20.3 Å². The van der Waals surface area contributed by atoms with Gasteiger partial charge in [-0.2, -0.15) is 0 Å². The lowest BCUT2D eigenvalue weighted by Gasteiger charge is -2.03. The minimum absolute atomic E-state index is 0.0652. The fourth-order valence-corrected chi connectivity index (χ4v) is 2.82. The van der Waals surface area contributed by atoms with Crippen LogP contribution >= 0.6 is 11.3 Å². The van der Waals surface area contributed by atoms with Crippen LogP contribution in [0.1, 0.15) is 28.2 Å². The molecule has 0 aliphatic rings. The normalized spacial score (nSPS) is 10.6. The summed E-state index contributed by atoms with van der Waals surface area (Å²) >= 11 is 1.38. The van der Waals surface area contributed by atoms with Crippen molar-refractivity contribution in [3.8, 4) is 10.7 Å². The summed E-state index contributed by atoms with van der Waals surface area (Å²) in [6, 6.07) is 5.66. The number of ether oxygens (including phenoxy) is 1. The van der Waals surface area contributed by atoms with Gasteiger partial charge in [0.1, 0.15) is 9.88 Å². The maximum absolute atomic E-state index is 12.2. The molecule has 0 spiro atoms. The van der Waals surface area contributed by atoms with Gasteiger partial charge in [-0.1, -0.05) is 6.07 Å². The maximum atomic E-state index is 12.2. The first kappa shape index (κ1) is 15.6. The molecule has 1 N–H and O–H groups in total. The Labute approximate surface area is 128 Å². The standard InChI is InChI=1S/C15H19N3O2S/c1-11-13(14(19)17-9-5-6-10-20-2)21-15(18-11)12-7-3-4-8-16-12/h3-4,7-8H,5-6,9-10H2,1-2H3,(H,17,19). The predicted molar refractivity (Wildman–Crippen MR) is 83.5 cm³/mol. The van der Waals surface area contributed by atoms with Gasteiger partial charge in [0, 0.05) is 26.5 Å². The highest BCUT2D eigenvalue weighted by atomic mass is 32.1. The summed E-state index contributed by atoms with van der Waals surface area (Å²) in [7, 11) is 1.68. The van der Waals surface area contributed by atoms with Crippen LogP contribution in [0.4, 0.5) is 0 Å². The fraction of sp³-hybridized carbons (Fsp3) is 0.400. The van der Waals surface area contributed by atoms with Gasteiger partial charge in [-0.15, -0.1) is 11.3 Å². The molecular formula is C15H19N3O2S. The van der Waals surface area contributed by atoms with Crippen molar-refractivity contribution >= 4 is 17.2 Å². The number of rotatable bonds is 7. The first-order valence-corrected chi connectivity index (χ1v) is 7.70. The maximum Gasteiger partial charge on any atom is 0.263 e. The van der Waals surface area contributed by atoms with Crippen molar-refractivity contribution in [3.05, 3.63) is 35.0 Å². The van der Waals surface area contributed by atoms with Crippen molar-refractivity contribution in [3.63, 3.8) is 0 Å². The molecule has 0 bridgehead atoms. The third-order valence-corrected chi connectivity index (χ3v) is 4.13. The zero-order chi connectivity index (χ0) is 15.1. The van der Waals surface area contributed by atoms with Gasteiger partial charge in [-0.05, 0) is 31.9 Å². The highest BCUT2D eigenvalue weighted by molar-refractivity contribution is 7.17. The van der Waals surface area contributed by atoms with E-state index in [1.165, 1.54) is 11.3 Å². The molecule has 2 heterocycles. The number of unbranched alkanes of at least 4 members (excludes halogenated alkanes) is 1. The Morgan fingerprint density at radius 1 is 1.38 bits per heavy atom. The van der Waals surface area contributed by atoms with E-state index in [0.717, 1.165) is 35.8 Å². The third kappa shape index (κ3) is 4.34. The first-order valence-electron chi connectivity index (χ1n) is 6.88. The number of aryl methyl sites for hydroxylation is 1. The second kappa shape index (κ2) is 7.85. The third-order valence-electron chi connectivity index (χ3n) is 2.95. The van der Waals surface area contributed by atoms with Crippen molar-refractivity contribution < 1.29 is 9.53 Å². The zero-order valence-corrected chi connectivity index (χ0v) is 13.1. The van der Waals surface area contributed by atoms with Crippen molar-refractivity contribution in [2.24, 2.45) is 0 Å². The summed E-state index contributed by atoms with van der Waals surface area (Å²) in [6.07, 6.45) is 3.57. The van der Waals surface area contributed by atoms with Crippen LogP contribution in [0.3, 0.4) is 0 Å². The van der Waals surface area contributed by atoms with Crippen molar-refractivity contribution in [2.45, 2.75) is 19.8 Å². The van der Waals surface area contributed by atoms with Crippen LogP contribution < -0.4 is 5.32 Å². The molecule has 5 nitrogen and oxygen atoms in total. The molecule has 2 aromatic heterocycles. The number of nitrogens with one attached hydrogen (secondary N) is 1. The van der Waals surface area contributed by atoms with Crippen LogP contribution in [-0.4, -0.2) is 36.1 Å². The summed E-state index contributed by atoms with van der Waals surface area (Å²) in [5, 5.41) is 3.69. The Balaban J connectivity index is 1.97. The van der Waals surface area contributed by atoms with E-state index < -0.39 is 0 Å². The number of pyridine rings is 1. The van der Waals surface area contributed by atoms with Gasteiger partial charge in [-0.25, -0.2) is 4.98 Å². The summed E-state index contributed by atoms with van der Waals surface area (Å²) in [6.45, 7) is 3.22. The summed E-state index contributed by atoms with van der Waals surface area (Å²) in [5.74, 6) is -0.0652. The predicted octanol–water partition coefficient (Wildman–Crippen LogP) is 2.67. The number of methoxy groups -OCH3 is 1. The highest BCUT2D eigenvalue weighted by Crippen LogP contribution is 2.26. The molecule has 0 aliphatic carbocycles. The van der Waals surface area contributed by atoms with Gasteiger partial charge in [0.05, 0.1) is 11.4 Å². The first-order chi connectivity index (χ1) is 10.2. The van der Waals surface area contributed by atoms with E-state index in [9.17, 15) is 4.79 Å². The van der Waals surface area contributed by atoms with E-state index in [-0.39, 0.29) is 5.91 Å². The lowest BCUT2D eigenvalue weighted by atomic mass is 10.3. The molecule has 2 rings (SSSR count). The quantitative estimate of drug-likeness (QED) is 0.799. The molecule has 0 radical (unpaired) electrons. The SMILES string of the molecule is COCCCCNC(=O)c1sc(-c2ccccn2)nc1C. The number of carbonyl (C=O) groups excluding carboxylic acids is 1. The Morgan fingerprint density at radius 2 is 2.24 bits per heavy atom. The number of aromatic nitrogens is 2. The number of hydrogen-bond donors (Lipinski definition) is 1. The topological polar surface area (TPSA) is 64.1 Å². The molecule has 112 valence electrons. The highest BCUT2D eigenvalue weighted by Gasteiger charge is 2.16. The molecule has 0 saturated carbocycles. The Kier molecular flexibility index (Phi) is 5.83. The van der Waals surface area contributed by atoms with E-state index >= 15 is 0 Å². The Hall–Kier alpha value is -1.79. The Bertz CT molecular complexity index is 584. The van der Waals surface area contributed by atoms with Crippen LogP contribution in [0.2, 0.25) is 0 Å². The minimum Gasteiger partial charge on any atom is -0.385 e. The van der Waals surface area contributed by atoms with Crippen LogP contribution in [0.25, 0.3) is 10.7 Å². The molecule has 1 amide bonds. The van der Waals surface area contributed by atoms with Crippen LogP contribution in [-0.2, 0) is 4.74 Å². The van der Waals surface area contributed by atoms with E-state index in [1.807, 2.05) is 25.1 Å². The molecule has 0 atom stereocenters. The van der Waals surface area contributed by atoms with Gasteiger partial charge in [0.15, 0.2) is 0 Å². The molecular weight excluding hydrogens is 286 g/mol. The average Bonchev–Trinajstić information content (AvgIpc) is 2.90. The summed E-state index contributed by atoms with van der Waals surface area (Å²) < 4.78 is 4.98. The van der Waals surface area contributed by atoms with Crippen LogP contribution in [0.15, 0.2) is 24.4 Å². The summed E-state index contributed by atoms with van der Waals surface area (Å²) in [4.78, 5) is 21.5. The largest absolute Gasteiger partial charge is 0.385 e. The lowest BCUT2D eigenvalue weighted by molar-refractivity contribution is 0.0954. The van der Waals surface area contributed by atoms with E-state index in [4.69, 9.17) is 4.74 Å². The number of nitrogens with zero attached hydrogens (tertiary/aromatic N) is 2.